The van der Waals surface area contributed by atoms with Gasteiger partial charge in [-0.25, -0.2) is 9.97 Å². The minimum Gasteiger partial charge on any atom is -0.493 e. The largest absolute Gasteiger partial charge is 0.493 e. The van der Waals surface area contributed by atoms with Gasteiger partial charge in [-0.3, -0.25) is 4.90 Å². The molecule has 0 amide bonds. The second-order valence-electron chi connectivity index (χ2n) is 11.0. The number of aliphatic hydroxyl groups excluding tert-OH is 1. The lowest BCUT2D eigenvalue weighted by Gasteiger charge is -2.38. The van der Waals surface area contributed by atoms with E-state index >= 15 is 0 Å². The van der Waals surface area contributed by atoms with Gasteiger partial charge in [-0.05, 0) is 70.0 Å². The van der Waals surface area contributed by atoms with Crippen LogP contribution in [0, 0.1) is 0 Å². The van der Waals surface area contributed by atoms with Gasteiger partial charge in [-0.15, -0.1) is 0 Å². The lowest BCUT2D eigenvalue weighted by atomic mass is 10.1. The lowest BCUT2D eigenvalue weighted by molar-refractivity contribution is -0.00170. The van der Waals surface area contributed by atoms with Crippen LogP contribution >= 0.6 is 0 Å². The van der Waals surface area contributed by atoms with E-state index in [1.807, 2.05) is 50.2 Å². The highest BCUT2D eigenvalue weighted by molar-refractivity contribution is 5.92. The Morgan fingerprint density at radius 1 is 0.900 bits per heavy atom. The molecule has 9 nitrogen and oxygen atoms in total. The van der Waals surface area contributed by atoms with E-state index in [0.29, 0.717) is 25.4 Å². The van der Waals surface area contributed by atoms with Crippen LogP contribution < -0.4 is 19.1 Å². The summed E-state index contributed by atoms with van der Waals surface area (Å²) in [6.07, 6.45) is 6.03. The minimum absolute atomic E-state index is 0.120. The molecule has 0 saturated carbocycles. The highest BCUT2D eigenvalue weighted by Crippen LogP contribution is 2.35. The van der Waals surface area contributed by atoms with Gasteiger partial charge in [0.2, 0.25) is 0 Å². The molecule has 0 aliphatic carbocycles. The van der Waals surface area contributed by atoms with Gasteiger partial charge in [0.25, 0.3) is 0 Å². The van der Waals surface area contributed by atoms with Crippen LogP contribution in [0.1, 0.15) is 51.3 Å². The molecule has 0 radical (unpaired) electrons. The molecule has 216 valence electrons. The predicted molar refractivity (Wildman–Crippen MR) is 157 cm³/mol. The Hall–Kier alpha value is -3.14. The van der Waals surface area contributed by atoms with E-state index < -0.39 is 6.23 Å². The number of piperidine rings is 1. The number of benzene rings is 2. The van der Waals surface area contributed by atoms with Crippen molar-refractivity contribution in [2.24, 2.45) is 0 Å². The van der Waals surface area contributed by atoms with Crippen molar-refractivity contribution in [1.29, 1.82) is 0 Å². The second-order valence-corrected chi connectivity index (χ2v) is 11.0. The molecule has 2 aliphatic rings. The van der Waals surface area contributed by atoms with E-state index in [4.69, 9.17) is 14.2 Å². The van der Waals surface area contributed by atoms with Crippen LogP contribution in [-0.2, 0) is 0 Å². The molecule has 2 saturated heterocycles. The van der Waals surface area contributed by atoms with Crippen molar-refractivity contribution in [1.82, 2.24) is 19.8 Å². The number of aliphatic hydroxyl groups is 1. The van der Waals surface area contributed by atoms with Gasteiger partial charge in [0.1, 0.15) is 24.1 Å². The van der Waals surface area contributed by atoms with Gasteiger partial charge in [-0.1, -0.05) is 18.6 Å². The molecule has 1 aromatic heterocycles. The van der Waals surface area contributed by atoms with Crippen molar-refractivity contribution in [3.63, 3.8) is 0 Å². The summed E-state index contributed by atoms with van der Waals surface area (Å²) in [5.41, 5.74) is 1.70. The quantitative estimate of drug-likeness (QED) is 0.348. The van der Waals surface area contributed by atoms with Crippen molar-refractivity contribution in [2.45, 2.75) is 51.9 Å². The fourth-order valence-corrected chi connectivity index (χ4v) is 5.61. The SMILES string of the molecule is COc1cc2c(N3CCN(C(O)c4ccc(OC(C)C)cc4)CC3)ncnc2cc1OCCCN1CCCCC1. The third kappa shape index (κ3) is 6.95. The van der Waals surface area contributed by atoms with Crippen LogP contribution in [0.3, 0.4) is 0 Å². The highest BCUT2D eigenvalue weighted by atomic mass is 16.5. The standard InChI is InChI=1S/C31H43N5O4/c1-23(2)40-25-10-8-24(9-11-25)31(37)36-17-15-35(16-18-36)30-26-20-28(38-3)29(21-27(26)32-22-33-30)39-19-7-14-34-12-5-4-6-13-34/h8-11,20-23,31,37H,4-7,12-19H2,1-3H3. The molecule has 1 atom stereocenters. The Balaban J connectivity index is 1.21. The normalized spacial score (nSPS) is 17.8. The van der Waals surface area contributed by atoms with Gasteiger partial charge in [-0.2, -0.15) is 0 Å². The number of aromatic nitrogens is 2. The number of rotatable bonds is 11. The predicted octanol–water partition coefficient (Wildman–Crippen LogP) is 4.49. The number of anilines is 1. The van der Waals surface area contributed by atoms with Crippen molar-refractivity contribution in [2.75, 3.05) is 64.4 Å². The average molecular weight is 550 g/mol. The maximum Gasteiger partial charge on any atom is 0.163 e. The molecule has 3 aromatic rings. The van der Waals surface area contributed by atoms with Crippen molar-refractivity contribution in [3.8, 4) is 17.2 Å². The Labute approximate surface area is 237 Å². The minimum atomic E-state index is -0.660. The summed E-state index contributed by atoms with van der Waals surface area (Å²) in [6, 6.07) is 11.7. The van der Waals surface area contributed by atoms with E-state index in [9.17, 15) is 5.11 Å². The van der Waals surface area contributed by atoms with Crippen LogP contribution in [0.15, 0.2) is 42.7 Å². The van der Waals surface area contributed by atoms with Crippen molar-refractivity contribution >= 4 is 16.7 Å². The fraction of sp³-hybridized carbons (Fsp3) is 0.548. The summed E-state index contributed by atoms with van der Waals surface area (Å²) in [4.78, 5) is 16.1. The van der Waals surface area contributed by atoms with E-state index in [1.54, 1.807) is 13.4 Å². The monoisotopic (exact) mass is 549 g/mol. The molecule has 2 aromatic carbocycles. The maximum atomic E-state index is 11.0. The van der Waals surface area contributed by atoms with Gasteiger partial charge >= 0.3 is 0 Å². The molecule has 0 bridgehead atoms. The number of hydrogen-bond donors (Lipinski definition) is 1. The third-order valence-corrected chi connectivity index (χ3v) is 7.73. The first kappa shape index (κ1) is 28.4. The van der Waals surface area contributed by atoms with Crippen molar-refractivity contribution in [3.05, 3.63) is 48.3 Å². The number of fused-ring (bicyclic) bond motifs is 1. The van der Waals surface area contributed by atoms with Crippen LogP contribution in [-0.4, -0.2) is 90.5 Å². The first-order valence-electron chi connectivity index (χ1n) is 14.6. The number of likely N-dealkylation sites (tertiary alicyclic amines) is 1. The van der Waals surface area contributed by atoms with Crippen LogP contribution in [0.2, 0.25) is 0 Å². The smallest absolute Gasteiger partial charge is 0.163 e. The van der Waals surface area contributed by atoms with E-state index in [2.05, 4.69) is 24.7 Å². The topological polar surface area (TPSA) is 83.4 Å². The zero-order valence-corrected chi connectivity index (χ0v) is 24.1. The molecule has 40 heavy (non-hydrogen) atoms. The third-order valence-electron chi connectivity index (χ3n) is 7.73. The summed E-state index contributed by atoms with van der Waals surface area (Å²) in [7, 11) is 1.67. The Morgan fingerprint density at radius 2 is 1.65 bits per heavy atom. The number of methoxy groups -OCH3 is 1. The van der Waals surface area contributed by atoms with E-state index in [0.717, 1.165) is 59.8 Å². The van der Waals surface area contributed by atoms with Crippen LogP contribution in [0.5, 0.6) is 17.2 Å². The van der Waals surface area contributed by atoms with Gasteiger partial charge in [0.15, 0.2) is 11.5 Å². The maximum absolute atomic E-state index is 11.0. The molecule has 3 heterocycles. The molecular weight excluding hydrogens is 506 g/mol. The summed E-state index contributed by atoms with van der Waals surface area (Å²) >= 11 is 0. The van der Waals surface area contributed by atoms with Gasteiger partial charge in [0, 0.05) is 44.2 Å². The number of ether oxygens (including phenoxy) is 3. The molecule has 1 unspecified atom stereocenters. The molecule has 0 spiro atoms. The number of hydrogen-bond acceptors (Lipinski definition) is 9. The Morgan fingerprint density at radius 3 is 2.35 bits per heavy atom. The molecule has 2 fully saturated rings. The molecule has 2 aliphatic heterocycles. The fourth-order valence-electron chi connectivity index (χ4n) is 5.61. The summed E-state index contributed by atoms with van der Waals surface area (Å²) in [6.45, 7) is 11.0. The Bertz CT molecular complexity index is 1220. The molecule has 9 heteroatoms. The highest BCUT2D eigenvalue weighted by Gasteiger charge is 2.25. The number of nitrogens with zero attached hydrogens (tertiary/aromatic N) is 5. The lowest BCUT2D eigenvalue weighted by Crippen LogP contribution is -2.48. The summed E-state index contributed by atoms with van der Waals surface area (Å²) in [5.74, 6) is 3.11. The zero-order valence-electron chi connectivity index (χ0n) is 24.1. The molecule has 1 N–H and O–H groups in total. The van der Waals surface area contributed by atoms with Crippen LogP contribution in [0.25, 0.3) is 10.9 Å². The molecule has 5 rings (SSSR count). The Kier molecular flexibility index (Phi) is 9.57. The first-order chi connectivity index (χ1) is 19.5. The average Bonchev–Trinajstić information content (AvgIpc) is 2.99. The molecular formula is C31H43N5O4. The van der Waals surface area contributed by atoms with E-state index in [1.165, 1.54) is 32.4 Å². The second kappa shape index (κ2) is 13.5. The van der Waals surface area contributed by atoms with Crippen molar-refractivity contribution < 1.29 is 19.3 Å². The number of piperazine rings is 1. The summed E-state index contributed by atoms with van der Waals surface area (Å²) < 4.78 is 17.6. The van der Waals surface area contributed by atoms with E-state index in [-0.39, 0.29) is 6.10 Å². The summed E-state index contributed by atoms with van der Waals surface area (Å²) in [5, 5.41) is 12.0. The zero-order chi connectivity index (χ0) is 27.9. The van der Waals surface area contributed by atoms with Gasteiger partial charge < -0.3 is 29.1 Å². The van der Waals surface area contributed by atoms with Gasteiger partial charge in [0.05, 0.1) is 25.3 Å². The van der Waals surface area contributed by atoms with Crippen LogP contribution in [0.4, 0.5) is 5.82 Å². The first-order valence-corrected chi connectivity index (χ1v) is 14.6.